The van der Waals surface area contributed by atoms with E-state index >= 15 is 0 Å². The monoisotopic (exact) mass is 295 g/mol. The maximum atomic E-state index is 11.8. The van der Waals surface area contributed by atoms with E-state index in [-0.39, 0.29) is 17.9 Å². The van der Waals surface area contributed by atoms with Crippen LogP contribution in [0.4, 0.5) is 9.59 Å². The Morgan fingerprint density at radius 3 is 2.38 bits per heavy atom. The molecule has 0 radical (unpaired) electrons. The second-order valence-electron chi connectivity index (χ2n) is 4.20. The Bertz CT molecular complexity index is 501. The van der Waals surface area contributed by atoms with E-state index in [1.165, 1.54) is 6.92 Å². The molecule has 3 amide bonds. The molecule has 0 spiro atoms. The molecule has 0 fully saturated rings. The number of carboxylic acid groups (broad SMARTS) is 1. The predicted octanol–water partition coefficient (Wildman–Crippen LogP) is 1.64. The topological polar surface area (TPSA) is 104 Å². The van der Waals surface area contributed by atoms with E-state index in [2.05, 4.69) is 4.74 Å². The van der Waals surface area contributed by atoms with Crippen LogP contribution >= 0.6 is 0 Å². The first-order chi connectivity index (χ1) is 9.97. The van der Waals surface area contributed by atoms with Crippen molar-refractivity contribution in [3.05, 3.63) is 35.9 Å². The lowest BCUT2D eigenvalue weighted by Gasteiger charge is -2.18. The quantitative estimate of drug-likeness (QED) is 0.855. The molecule has 114 valence electrons. The summed E-state index contributed by atoms with van der Waals surface area (Å²) >= 11 is 0. The minimum Gasteiger partial charge on any atom is -0.464 e. The first-order valence-corrected chi connectivity index (χ1v) is 6.43. The van der Waals surface area contributed by atoms with Crippen molar-refractivity contribution in [2.24, 2.45) is 0 Å². The largest absolute Gasteiger partial charge is 0.464 e. The second kappa shape index (κ2) is 8.01. The molecule has 1 rings (SSSR count). The molecule has 0 aliphatic heterocycles. The molecule has 0 aromatic heterocycles. The molecule has 7 heteroatoms. The molecular weight excluding hydrogens is 278 g/mol. The predicted molar refractivity (Wildman–Crippen MR) is 72.7 cm³/mol. The molecule has 0 bridgehead atoms. The number of carbonyl (C=O) groups excluding carboxylic acids is 2. The molecule has 1 aromatic rings. The molecule has 0 saturated heterocycles. The molecule has 21 heavy (non-hydrogen) atoms. The van der Waals surface area contributed by atoms with E-state index < -0.39 is 24.2 Å². The van der Waals surface area contributed by atoms with Gasteiger partial charge in [0.05, 0.1) is 6.61 Å². The van der Waals surface area contributed by atoms with Crippen molar-refractivity contribution in [3.63, 3.8) is 0 Å². The summed E-state index contributed by atoms with van der Waals surface area (Å²) in [6, 6.07) is 9.09. The number of aliphatic hydroxyl groups is 1. The van der Waals surface area contributed by atoms with Crippen LogP contribution in [0.5, 0.6) is 0 Å². The van der Waals surface area contributed by atoms with Crippen LogP contribution in [0.1, 0.15) is 18.9 Å². The van der Waals surface area contributed by atoms with Crippen molar-refractivity contribution in [3.8, 4) is 0 Å². The summed E-state index contributed by atoms with van der Waals surface area (Å²) in [5.41, 5.74) is 0.891. The number of rotatable bonds is 5. The van der Waals surface area contributed by atoms with Gasteiger partial charge in [-0.05, 0) is 25.3 Å². The minimum absolute atomic E-state index is 0.00598. The molecule has 0 heterocycles. The Hall–Kier alpha value is -2.41. The fourth-order valence-corrected chi connectivity index (χ4v) is 1.67. The molecule has 1 aromatic carbocycles. The molecular formula is C14H17NO6. The number of ether oxygens (including phenoxy) is 1. The highest BCUT2D eigenvalue weighted by atomic mass is 16.6. The Balaban J connectivity index is 2.66. The normalized spacial score (nSPS) is 11.5. The van der Waals surface area contributed by atoms with Crippen LogP contribution in [0.25, 0.3) is 0 Å². The molecule has 7 nitrogen and oxygen atoms in total. The van der Waals surface area contributed by atoms with Gasteiger partial charge in [-0.3, -0.25) is 4.79 Å². The third kappa shape index (κ3) is 4.88. The first kappa shape index (κ1) is 16.6. The van der Waals surface area contributed by atoms with Crippen LogP contribution in [0.2, 0.25) is 0 Å². The van der Waals surface area contributed by atoms with Crippen molar-refractivity contribution in [1.29, 1.82) is 0 Å². The maximum absolute atomic E-state index is 11.8. The number of nitrogens with zero attached hydrogens (tertiary/aromatic N) is 1. The zero-order valence-electron chi connectivity index (χ0n) is 11.6. The number of benzene rings is 1. The van der Waals surface area contributed by atoms with E-state index in [4.69, 9.17) is 5.11 Å². The summed E-state index contributed by atoms with van der Waals surface area (Å²) in [7, 11) is 0. The Labute approximate surface area is 121 Å². The summed E-state index contributed by atoms with van der Waals surface area (Å²) in [5.74, 6) is -1.21. The molecule has 2 N–H and O–H groups in total. The van der Waals surface area contributed by atoms with Crippen LogP contribution in [0, 0.1) is 0 Å². The zero-order valence-corrected chi connectivity index (χ0v) is 11.6. The van der Waals surface area contributed by atoms with E-state index in [0.717, 1.165) is 5.56 Å². The highest BCUT2D eigenvalue weighted by molar-refractivity contribution is 6.07. The van der Waals surface area contributed by atoms with E-state index in [9.17, 15) is 19.5 Å². The van der Waals surface area contributed by atoms with Crippen molar-refractivity contribution in [2.45, 2.75) is 25.9 Å². The number of carbonyl (C=O) groups is 3. The number of aryl methyl sites for hydroxylation is 1. The van der Waals surface area contributed by atoms with Crippen molar-refractivity contribution in [1.82, 2.24) is 4.90 Å². The fraction of sp³-hybridized carbons (Fsp3) is 0.357. The number of aliphatic hydroxyl groups excluding tert-OH is 1. The molecule has 0 aliphatic rings. The molecule has 1 unspecified atom stereocenters. The number of hydrogen-bond acceptors (Lipinski definition) is 5. The van der Waals surface area contributed by atoms with Crippen LogP contribution in [0.3, 0.4) is 0 Å². The first-order valence-electron chi connectivity index (χ1n) is 6.43. The highest BCUT2D eigenvalue weighted by Crippen LogP contribution is 2.08. The SMILES string of the molecule is CCOC(=O)N(C(=O)O)C(=O)C(O)CCc1ccccc1. The highest BCUT2D eigenvalue weighted by Gasteiger charge is 2.34. The van der Waals surface area contributed by atoms with Gasteiger partial charge in [-0.2, -0.15) is 0 Å². The van der Waals surface area contributed by atoms with Gasteiger partial charge in [-0.25, -0.2) is 9.59 Å². The Morgan fingerprint density at radius 2 is 1.86 bits per heavy atom. The van der Waals surface area contributed by atoms with E-state index in [0.29, 0.717) is 6.42 Å². The minimum atomic E-state index is -1.78. The smallest absolute Gasteiger partial charge is 0.426 e. The van der Waals surface area contributed by atoms with Crippen LogP contribution in [-0.4, -0.2) is 45.9 Å². The second-order valence-corrected chi connectivity index (χ2v) is 4.20. The van der Waals surface area contributed by atoms with Gasteiger partial charge in [0.25, 0.3) is 5.91 Å². The summed E-state index contributed by atoms with van der Waals surface area (Å²) in [4.78, 5) is 34.0. The number of imide groups is 3. The van der Waals surface area contributed by atoms with Gasteiger partial charge in [-0.1, -0.05) is 30.3 Å². The third-order valence-corrected chi connectivity index (χ3v) is 2.70. The zero-order chi connectivity index (χ0) is 15.8. The summed E-state index contributed by atoms with van der Waals surface area (Å²) in [6.45, 7) is 1.41. The molecule has 0 aliphatic carbocycles. The number of hydrogen-bond donors (Lipinski definition) is 2. The lowest BCUT2D eigenvalue weighted by atomic mass is 10.1. The van der Waals surface area contributed by atoms with Crippen LogP contribution in [0.15, 0.2) is 30.3 Å². The van der Waals surface area contributed by atoms with Gasteiger partial charge in [-0.15, -0.1) is 4.90 Å². The average molecular weight is 295 g/mol. The lowest BCUT2D eigenvalue weighted by molar-refractivity contribution is -0.136. The van der Waals surface area contributed by atoms with Gasteiger partial charge in [0.1, 0.15) is 6.10 Å². The maximum Gasteiger partial charge on any atom is 0.426 e. The molecule has 1 atom stereocenters. The van der Waals surface area contributed by atoms with Crippen LogP contribution < -0.4 is 0 Å². The van der Waals surface area contributed by atoms with Gasteiger partial charge in [0, 0.05) is 0 Å². The lowest BCUT2D eigenvalue weighted by Crippen LogP contribution is -2.46. The average Bonchev–Trinajstić information content (AvgIpc) is 2.45. The summed E-state index contributed by atoms with van der Waals surface area (Å²) in [5, 5.41) is 18.6. The molecule has 0 saturated carbocycles. The van der Waals surface area contributed by atoms with Gasteiger partial charge in [0.2, 0.25) is 0 Å². The third-order valence-electron chi connectivity index (χ3n) is 2.70. The standard InChI is InChI=1S/C14H17NO6/c1-2-21-14(20)15(13(18)19)12(17)11(16)9-8-10-6-4-3-5-7-10/h3-7,11,16H,2,8-9H2,1H3,(H,18,19). The van der Waals surface area contributed by atoms with E-state index in [1.807, 2.05) is 30.3 Å². The van der Waals surface area contributed by atoms with Gasteiger partial charge in [0.15, 0.2) is 0 Å². The Morgan fingerprint density at radius 1 is 1.24 bits per heavy atom. The Kier molecular flexibility index (Phi) is 6.35. The van der Waals surface area contributed by atoms with Gasteiger partial charge < -0.3 is 14.9 Å². The summed E-state index contributed by atoms with van der Waals surface area (Å²) < 4.78 is 4.47. The number of amides is 3. The summed E-state index contributed by atoms with van der Waals surface area (Å²) in [6.07, 6.45) is -4.30. The fourth-order valence-electron chi connectivity index (χ4n) is 1.67. The van der Waals surface area contributed by atoms with Crippen molar-refractivity contribution < 1.29 is 29.3 Å². The van der Waals surface area contributed by atoms with Gasteiger partial charge >= 0.3 is 12.2 Å². The van der Waals surface area contributed by atoms with E-state index in [1.54, 1.807) is 0 Å². The van der Waals surface area contributed by atoms with Crippen molar-refractivity contribution >= 4 is 18.1 Å². The van der Waals surface area contributed by atoms with Crippen molar-refractivity contribution in [2.75, 3.05) is 6.61 Å². The van der Waals surface area contributed by atoms with Crippen LogP contribution in [-0.2, 0) is 16.0 Å².